The van der Waals surface area contributed by atoms with Crippen LogP contribution >= 0.6 is 0 Å². The number of carbonyl (C=O) groups excluding carboxylic acids is 1. The Labute approximate surface area is 141 Å². The fraction of sp³-hybridized carbons (Fsp3) is 0.474. The van der Waals surface area contributed by atoms with Gasteiger partial charge in [-0.15, -0.1) is 0 Å². The molecule has 0 radical (unpaired) electrons. The highest BCUT2D eigenvalue weighted by atomic mass is 19.1. The Balaban J connectivity index is 1.34. The fourth-order valence-corrected chi connectivity index (χ4v) is 3.93. The molecule has 1 amide bonds. The van der Waals surface area contributed by atoms with Crippen LogP contribution in [0.5, 0.6) is 0 Å². The highest BCUT2D eigenvalue weighted by molar-refractivity contribution is 5.83. The Morgan fingerprint density at radius 3 is 2.96 bits per heavy atom. The molecule has 2 aliphatic rings. The molecule has 1 saturated heterocycles. The van der Waals surface area contributed by atoms with Gasteiger partial charge in [-0.3, -0.25) is 9.48 Å². The zero-order valence-electron chi connectivity index (χ0n) is 13.9. The molecule has 3 atom stereocenters. The quantitative estimate of drug-likeness (QED) is 0.866. The zero-order valence-corrected chi connectivity index (χ0v) is 13.9. The van der Waals surface area contributed by atoms with Crippen LogP contribution in [0.1, 0.15) is 29.9 Å². The van der Waals surface area contributed by atoms with Crippen molar-refractivity contribution in [1.82, 2.24) is 14.7 Å². The molecule has 1 aliphatic carbocycles. The molecule has 2 fully saturated rings. The lowest BCUT2D eigenvalue weighted by molar-refractivity contribution is -0.131. The van der Waals surface area contributed by atoms with E-state index < -0.39 is 0 Å². The molecule has 1 aromatic heterocycles. The molecule has 0 unspecified atom stereocenters. The third kappa shape index (κ3) is 2.95. The minimum Gasteiger partial charge on any atom is -0.342 e. The standard InChI is InChI=1S/C19H22FN3O/c1-22-11-14(10-21-22)8-13-6-7-23(12-13)19(24)17-9-16(17)15-4-2-3-5-18(15)20/h2-5,10-11,13,16-17H,6-9,12H2,1H3/t13-,16-,17+/m0/s1. The Morgan fingerprint density at radius 1 is 1.38 bits per heavy atom. The topological polar surface area (TPSA) is 38.1 Å². The molecule has 1 aromatic carbocycles. The molecule has 1 saturated carbocycles. The second-order valence-corrected chi connectivity index (χ2v) is 7.14. The van der Waals surface area contributed by atoms with E-state index in [1.54, 1.807) is 6.07 Å². The smallest absolute Gasteiger partial charge is 0.226 e. The van der Waals surface area contributed by atoms with Gasteiger partial charge in [-0.2, -0.15) is 5.10 Å². The maximum absolute atomic E-state index is 13.9. The molecule has 4 rings (SSSR count). The molecule has 0 spiro atoms. The van der Waals surface area contributed by atoms with Crippen LogP contribution in [-0.2, 0) is 18.3 Å². The summed E-state index contributed by atoms with van der Waals surface area (Å²) >= 11 is 0. The average molecular weight is 327 g/mol. The molecule has 0 N–H and O–H groups in total. The van der Waals surface area contributed by atoms with Crippen LogP contribution < -0.4 is 0 Å². The Hall–Kier alpha value is -2.17. The predicted octanol–water partition coefficient (Wildman–Crippen LogP) is 2.75. The van der Waals surface area contributed by atoms with Crippen molar-refractivity contribution >= 4 is 5.91 Å². The number of aryl methyl sites for hydroxylation is 1. The van der Waals surface area contributed by atoms with Crippen molar-refractivity contribution in [2.75, 3.05) is 13.1 Å². The van der Waals surface area contributed by atoms with Gasteiger partial charge >= 0.3 is 0 Å². The lowest BCUT2D eigenvalue weighted by atomic mass is 10.0. The van der Waals surface area contributed by atoms with E-state index >= 15 is 0 Å². The molecule has 2 heterocycles. The van der Waals surface area contributed by atoms with Crippen LogP contribution in [0.2, 0.25) is 0 Å². The summed E-state index contributed by atoms with van der Waals surface area (Å²) in [7, 11) is 1.92. The number of carbonyl (C=O) groups is 1. The van der Waals surface area contributed by atoms with Gasteiger partial charge in [-0.25, -0.2) is 4.39 Å². The maximum atomic E-state index is 13.9. The molecular formula is C19H22FN3O. The summed E-state index contributed by atoms with van der Waals surface area (Å²) < 4.78 is 15.7. The average Bonchev–Trinajstić information content (AvgIpc) is 3.04. The van der Waals surface area contributed by atoms with Crippen LogP contribution in [0.3, 0.4) is 0 Å². The van der Waals surface area contributed by atoms with E-state index in [-0.39, 0.29) is 23.6 Å². The van der Waals surface area contributed by atoms with Crippen molar-refractivity contribution in [1.29, 1.82) is 0 Å². The minimum absolute atomic E-state index is 0.0287. The van der Waals surface area contributed by atoms with Crippen molar-refractivity contribution in [3.05, 3.63) is 53.6 Å². The second kappa shape index (κ2) is 6.04. The predicted molar refractivity (Wildman–Crippen MR) is 88.8 cm³/mol. The number of hydrogen-bond donors (Lipinski definition) is 0. The number of rotatable bonds is 4. The van der Waals surface area contributed by atoms with E-state index in [0.29, 0.717) is 11.5 Å². The van der Waals surface area contributed by atoms with E-state index in [9.17, 15) is 9.18 Å². The van der Waals surface area contributed by atoms with Crippen molar-refractivity contribution in [3.63, 3.8) is 0 Å². The Morgan fingerprint density at radius 2 is 2.21 bits per heavy atom. The van der Waals surface area contributed by atoms with Crippen LogP contribution in [0.15, 0.2) is 36.7 Å². The van der Waals surface area contributed by atoms with Gasteiger partial charge in [0.1, 0.15) is 5.82 Å². The van der Waals surface area contributed by atoms with E-state index in [0.717, 1.165) is 32.4 Å². The van der Waals surface area contributed by atoms with Gasteiger partial charge in [0.05, 0.1) is 6.20 Å². The molecule has 24 heavy (non-hydrogen) atoms. The van der Waals surface area contributed by atoms with Crippen molar-refractivity contribution in [2.24, 2.45) is 18.9 Å². The van der Waals surface area contributed by atoms with E-state index in [1.165, 1.54) is 11.6 Å². The van der Waals surface area contributed by atoms with Gasteiger partial charge in [0.15, 0.2) is 0 Å². The first-order valence-electron chi connectivity index (χ1n) is 8.62. The van der Waals surface area contributed by atoms with Crippen LogP contribution in [0.25, 0.3) is 0 Å². The normalized spacial score (nSPS) is 25.9. The van der Waals surface area contributed by atoms with E-state index in [2.05, 4.69) is 5.10 Å². The summed E-state index contributed by atoms with van der Waals surface area (Å²) in [5, 5.41) is 4.20. The van der Waals surface area contributed by atoms with Crippen molar-refractivity contribution in [2.45, 2.75) is 25.2 Å². The number of aromatic nitrogens is 2. The molecule has 5 heteroatoms. The number of halogens is 1. The van der Waals surface area contributed by atoms with Crippen molar-refractivity contribution < 1.29 is 9.18 Å². The largest absolute Gasteiger partial charge is 0.342 e. The Kier molecular flexibility index (Phi) is 3.87. The van der Waals surface area contributed by atoms with Crippen LogP contribution in [-0.4, -0.2) is 33.7 Å². The summed E-state index contributed by atoms with van der Waals surface area (Å²) in [4.78, 5) is 14.7. The molecule has 0 bridgehead atoms. The number of amides is 1. The van der Waals surface area contributed by atoms with Gasteiger partial charge in [0.2, 0.25) is 5.91 Å². The van der Waals surface area contributed by atoms with Gasteiger partial charge < -0.3 is 4.90 Å². The first kappa shape index (κ1) is 15.4. The molecule has 1 aliphatic heterocycles. The van der Waals surface area contributed by atoms with Gasteiger partial charge in [-0.1, -0.05) is 18.2 Å². The van der Waals surface area contributed by atoms with Gasteiger partial charge in [0.25, 0.3) is 0 Å². The summed E-state index contributed by atoms with van der Waals surface area (Å²) in [5.74, 6) is 0.560. The van der Waals surface area contributed by atoms with Gasteiger partial charge in [-0.05, 0) is 48.3 Å². The number of hydrogen-bond acceptors (Lipinski definition) is 2. The molecule has 4 nitrogen and oxygen atoms in total. The molecule has 126 valence electrons. The highest BCUT2D eigenvalue weighted by Gasteiger charge is 2.47. The number of benzene rings is 1. The summed E-state index contributed by atoms with van der Waals surface area (Å²) in [6.07, 6.45) is 6.74. The van der Waals surface area contributed by atoms with Gasteiger partial charge in [0, 0.05) is 32.3 Å². The monoisotopic (exact) mass is 327 g/mol. The summed E-state index contributed by atoms with van der Waals surface area (Å²) in [5.41, 5.74) is 1.93. The first-order valence-corrected chi connectivity index (χ1v) is 8.62. The summed E-state index contributed by atoms with van der Waals surface area (Å²) in [6, 6.07) is 6.83. The maximum Gasteiger partial charge on any atom is 0.226 e. The van der Waals surface area contributed by atoms with Crippen molar-refractivity contribution in [3.8, 4) is 0 Å². The number of likely N-dealkylation sites (tertiary alicyclic amines) is 1. The van der Waals surface area contributed by atoms with Crippen LogP contribution in [0.4, 0.5) is 4.39 Å². The summed E-state index contributed by atoms with van der Waals surface area (Å²) in [6.45, 7) is 1.64. The number of nitrogens with zero attached hydrogens (tertiary/aromatic N) is 3. The SMILES string of the molecule is Cn1cc(C[C@@H]2CCN(C(=O)[C@@H]3C[C@H]3c3ccccc3F)C2)cn1. The Bertz CT molecular complexity index is 757. The third-order valence-corrected chi connectivity index (χ3v) is 5.29. The lowest BCUT2D eigenvalue weighted by Crippen LogP contribution is -2.30. The third-order valence-electron chi connectivity index (χ3n) is 5.29. The fourth-order valence-electron chi connectivity index (χ4n) is 3.93. The first-order chi connectivity index (χ1) is 11.6. The zero-order chi connectivity index (χ0) is 16.7. The van der Waals surface area contributed by atoms with E-state index in [4.69, 9.17) is 0 Å². The van der Waals surface area contributed by atoms with E-state index in [1.807, 2.05) is 41.2 Å². The van der Waals surface area contributed by atoms with Crippen LogP contribution in [0, 0.1) is 17.7 Å². The second-order valence-electron chi connectivity index (χ2n) is 7.14. The minimum atomic E-state index is -0.186. The molecular weight excluding hydrogens is 305 g/mol. The molecule has 2 aromatic rings. The highest BCUT2D eigenvalue weighted by Crippen LogP contribution is 2.49. The lowest BCUT2D eigenvalue weighted by Gasteiger charge is -2.16.